The number of hydrogen-bond acceptors (Lipinski definition) is 4. The molecule has 124 valence electrons. The van der Waals surface area contributed by atoms with Crippen molar-refractivity contribution in [3.8, 4) is 0 Å². The molecule has 1 aliphatic rings. The number of anilines is 1. The maximum atomic E-state index is 13.7. The second-order valence-corrected chi connectivity index (χ2v) is 7.07. The van der Waals surface area contributed by atoms with Crippen LogP contribution in [0.3, 0.4) is 0 Å². The molecule has 0 bridgehead atoms. The number of carbonyl (C=O) groups is 2. The van der Waals surface area contributed by atoms with Gasteiger partial charge in [0.15, 0.2) is 0 Å². The Labute approximate surface area is 151 Å². The van der Waals surface area contributed by atoms with Crippen LogP contribution in [-0.2, 0) is 20.9 Å². The molecule has 0 saturated carbocycles. The summed E-state index contributed by atoms with van der Waals surface area (Å²) in [5.74, 6) is -0.892. The molecule has 0 saturated heterocycles. The van der Waals surface area contributed by atoms with Gasteiger partial charge in [-0.1, -0.05) is 34.1 Å². The number of halogens is 2. The van der Waals surface area contributed by atoms with Crippen LogP contribution in [0.25, 0.3) is 0 Å². The lowest BCUT2D eigenvalue weighted by Gasteiger charge is -2.27. The Morgan fingerprint density at radius 3 is 2.88 bits per heavy atom. The quantitative estimate of drug-likeness (QED) is 0.721. The molecule has 1 amide bonds. The number of fused-ring (bicyclic) bond motifs is 1. The molecule has 3 rings (SSSR count). The highest BCUT2D eigenvalue weighted by atomic mass is 79.9. The van der Waals surface area contributed by atoms with Gasteiger partial charge in [0.2, 0.25) is 5.91 Å². The number of amides is 1. The van der Waals surface area contributed by atoms with Gasteiger partial charge in [-0.05, 0) is 24.3 Å². The van der Waals surface area contributed by atoms with Crippen LogP contribution < -0.4 is 4.90 Å². The van der Waals surface area contributed by atoms with E-state index in [1.807, 2.05) is 18.2 Å². The fourth-order valence-corrected chi connectivity index (χ4v) is 3.57. The monoisotopic (exact) mass is 409 g/mol. The summed E-state index contributed by atoms with van der Waals surface area (Å²) in [6.45, 7) is -0.356. The van der Waals surface area contributed by atoms with Gasteiger partial charge in [-0.25, -0.2) is 4.39 Å². The topological polar surface area (TPSA) is 46.6 Å². The Kier molecular flexibility index (Phi) is 5.20. The smallest absolute Gasteiger partial charge is 0.326 e. The zero-order chi connectivity index (χ0) is 17.1. The molecule has 2 aromatic rings. The molecular formula is C17H13BrFNO3S. The summed E-state index contributed by atoms with van der Waals surface area (Å²) < 4.78 is 19.5. The normalized spacial score (nSPS) is 13.6. The zero-order valence-corrected chi connectivity index (χ0v) is 14.9. The predicted molar refractivity (Wildman–Crippen MR) is 93.4 cm³/mol. The molecule has 0 fully saturated rings. The molecule has 7 heteroatoms. The van der Waals surface area contributed by atoms with Gasteiger partial charge in [-0.3, -0.25) is 14.5 Å². The summed E-state index contributed by atoms with van der Waals surface area (Å²) in [6.07, 6.45) is 0. The number of rotatable bonds is 4. The predicted octanol–water partition coefficient (Wildman–Crippen LogP) is 3.77. The fourth-order valence-electron chi connectivity index (χ4n) is 2.30. The lowest BCUT2D eigenvalue weighted by atomic mass is 10.2. The van der Waals surface area contributed by atoms with Gasteiger partial charge in [0, 0.05) is 14.9 Å². The Bertz CT molecular complexity index is 799. The first-order chi connectivity index (χ1) is 11.5. The number of nitrogens with zero attached hydrogens (tertiary/aromatic N) is 1. The van der Waals surface area contributed by atoms with E-state index in [4.69, 9.17) is 4.74 Å². The van der Waals surface area contributed by atoms with Crippen molar-refractivity contribution in [1.29, 1.82) is 0 Å². The summed E-state index contributed by atoms with van der Waals surface area (Å²) in [6, 6.07) is 11.9. The fraction of sp³-hybridized carbons (Fsp3) is 0.176. The minimum Gasteiger partial charge on any atom is -0.459 e. The molecule has 1 aliphatic heterocycles. The number of benzene rings is 2. The summed E-state index contributed by atoms with van der Waals surface area (Å²) in [5.41, 5.74) is 0.984. The average Bonchev–Trinajstić information content (AvgIpc) is 2.57. The molecule has 0 N–H and O–H groups in total. The lowest BCUT2D eigenvalue weighted by molar-refractivity contribution is -0.144. The molecule has 0 atom stereocenters. The van der Waals surface area contributed by atoms with Crippen LogP contribution in [-0.4, -0.2) is 24.2 Å². The summed E-state index contributed by atoms with van der Waals surface area (Å²) in [7, 11) is 0. The largest absolute Gasteiger partial charge is 0.459 e. The van der Waals surface area contributed by atoms with Gasteiger partial charge in [-0.2, -0.15) is 0 Å². The van der Waals surface area contributed by atoms with Crippen LogP contribution in [0.1, 0.15) is 5.56 Å². The standard InChI is InChI=1S/C17H13BrFNO3S/c18-12-6-5-11(13(19)7-12)9-23-17(22)8-20-14-3-1-2-4-15(14)24-10-16(20)21/h1-7H,8-10H2. The maximum absolute atomic E-state index is 13.7. The number of hydrogen-bond donors (Lipinski definition) is 0. The van der Waals surface area contributed by atoms with Crippen molar-refractivity contribution in [2.75, 3.05) is 17.2 Å². The number of thioether (sulfide) groups is 1. The summed E-state index contributed by atoms with van der Waals surface area (Å²) >= 11 is 4.61. The first kappa shape index (κ1) is 17.0. The van der Waals surface area contributed by atoms with Crippen LogP contribution in [0.5, 0.6) is 0 Å². The highest BCUT2D eigenvalue weighted by Gasteiger charge is 2.26. The van der Waals surface area contributed by atoms with E-state index in [2.05, 4.69) is 15.9 Å². The van der Waals surface area contributed by atoms with Gasteiger partial charge >= 0.3 is 5.97 Å². The number of para-hydroxylation sites is 1. The Hall–Kier alpha value is -1.86. The second-order valence-electron chi connectivity index (χ2n) is 5.13. The van der Waals surface area contributed by atoms with E-state index in [9.17, 15) is 14.0 Å². The van der Waals surface area contributed by atoms with E-state index >= 15 is 0 Å². The van der Waals surface area contributed by atoms with E-state index < -0.39 is 11.8 Å². The van der Waals surface area contributed by atoms with Gasteiger partial charge < -0.3 is 4.74 Å². The molecule has 0 aromatic heterocycles. The molecule has 24 heavy (non-hydrogen) atoms. The summed E-state index contributed by atoms with van der Waals surface area (Å²) in [4.78, 5) is 26.5. The van der Waals surface area contributed by atoms with E-state index in [0.29, 0.717) is 10.2 Å². The minimum atomic E-state index is -0.577. The number of ether oxygens (including phenoxy) is 1. The van der Waals surface area contributed by atoms with Crippen LogP contribution in [0.2, 0.25) is 0 Å². The van der Waals surface area contributed by atoms with E-state index in [-0.39, 0.29) is 30.4 Å². The maximum Gasteiger partial charge on any atom is 0.326 e. The van der Waals surface area contributed by atoms with Gasteiger partial charge in [0.05, 0.1) is 11.4 Å². The molecule has 0 radical (unpaired) electrons. The average molecular weight is 410 g/mol. The third kappa shape index (κ3) is 3.79. The van der Waals surface area contributed by atoms with Crippen molar-refractivity contribution in [2.24, 2.45) is 0 Å². The molecule has 4 nitrogen and oxygen atoms in total. The van der Waals surface area contributed by atoms with Crippen LogP contribution in [0, 0.1) is 5.82 Å². The molecule has 0 aliphatic carbocycles. The van der Waals surface area contributed by atoms with E-state index in [0.717, 1.165) is 4.90 Å². The van der Waals surface area contributed by atoms with Gasteiger partial charge in [-0.15, -0.1) is 11.8 Å². The Morgan fingerprint density at radius 2 is 2.08 bits per heavy atom. The van der Waals surface area contributed by atoms with E-state index in [1.54, 1.807) is 18.2 Å². The van der Waals surface area contributed by atoms with Crippen LogP contribution in [0.4, 0.5) is 10.1 Å². The molecule has 0 unspecified atom stereocenters. The highest BCUT2D eigenvalue weighted by Crippen LogP contribution is 2.34. The van der Waals surface area contributed by atoms with Crippen LogP contribution in [0.15, 0.2) is 51.8 Å². The van der Waals surface area contributed by atoms with Crippen molar-refractivity contribution < 1.29 is 18.7 Å². The number of carbonyl (C=O) groups excluding carboxylic acids is 2. The third-order valence-electron chi connectivity index (χ3n) is 3.50. The molecule has 1 heterocycles. The SMILES string of the molecule is O=C(CN1C(=O)CSc2ccccc21)OCc1ccc(Br)cc1F. The highest BCUT2D eigenvalue weighted by molar-refractivity contribution is 9.10. The van der Waals surface area contributed by atoms with Crippen molar-refractivity contribution in [2.45, 2.75) is 11.5 Å². The third-order valence-corrected chi connectivity index (χ3v) is 5.04. The zero-order valence-electron chi connectivity index (χ0n) is 12.5. The Balaban J connectivity index is 1.65. The van der Waals surface area contributed by atoms with Crippen molar-refractivity contribution in [3.63, 3.8) is 0 Å². The molecular weight excluding hydrogens is 397 g/mol. The van der Waals surface area contributed by atoms with E-state index in [1.165, 1.54) is 22.7 Å². The van der Waals surface area contributed by atoms with Crippen molar-refractivity contribution in [3.05, 3.63) is 58.3 Å². The lowest BCUT2D eigenvalue weighted by Crippen LogP contribution is -2.39. The Morgan fingerprint density at radius 1 is 1.29 bits per heavy atom. The summed E-state index contributed by atoms with van der Waals surface area (Å²) in [5, 5.41) is 0. The molecule has 2 aromatic carbocycles. The second kappa shape index (κ2) is 7.36. The van der Waals surface area contributed by atoms with Crippen molar-refractivity contribution in [1.82, 2.24) is 0 Å². The molecule has 0 spiro atoms. The minimum absolute atomic E-state index is 0.148. The first-order valence-electron chi connectivity index (χ1n) is 7.16. The van der Waals surface area contributed by atoms with Gasteiger partial charge in [0.25, 0.3) is 0 Å². The van der Waals surface area contributed by atoms with Crippen LogP contribution >= 0.6 is 27.7 Å². The van der Waals surface area contributed by atoms with Crippen molar-refractivity contribution >= 4 is 45.3 Å². The number of esters is 1. The van der Waals surface area contributed by atoms with Gasteiger partial charge in [0.1, 0.15) is 19.0 Å². The first-order valence-corrected chi connectivity index (χ1v) is 8.94.